The van der Waals surface area contributed by atoms with Crippen molar-refractivity contribution >= 4 is 5.65 Å². The van der Waals surface area contributed by atoms with E-state index in [1.807, 2.05) is 35.0 Å². The van der Waals surface area contributed by atoms with Gasteiger partial charge in [-0.05, 0) is 30.3 Å². The lowest BCUT2D eigenvalue weighted by Gasteiger charge is -2.14. The highest BCUT2D eigenvalue weighted by atomic mass is 16.5. The molecule has 1 N–H and O–H groups in total. The Morgan fingerprint density at radius 2 is 1.53 bits per heavy atom. The Hall–Kier alpha value is -3.94. The van der Waals surface area contributed by atoms with Crippen LogP contribution in [-0.2, 0) is 0 Å². The zero-order chi connectivity index (χ0) is 21.3. The van der Waals surface area contributed by atoms with Crippen LogP contribution in [0.2, 0.25) is 0 Å². The van der Waals surface area contributed by atoms with E-state index < -0.39 is 0 Å². The van der Waals surface area contributed by atoms with Crippen LogP contribution >= 0.6 is 0 Å². The van der Waals surface area contributed by atoms with Gasteiger partial charge in [0.15, 0.2) is 28.6 Å². The molecule has 0 spiro atoms. The summed E-state index contributed by atoms with van der Waals surface area (Å²) in [5.74, 6) is 2.02. The van der Waals surface area contributed by atoms with Gasteiger partial charge >= 0.3 is 0 Å². The number of methoxy groups -OCH3 is 4. The number of phenols is 1. The molecule has 2 heterocycles. The maximum absolute atomic E-state index is 10.1. The molecule has 0 saturated carbocycles. The van der Waals surface area contributed by atoms with Crippen LogP contribution in [0.3, 0.4) is 0 Å². The summed E-state index contributed by atoms with van der Waals surface area (Å²) in [4.78, 5) is 9.28. The highest BCUT2D eigenvalue weighted by Gasteiger charge is 2.18. The van der Waals surface area contributed by atoms with E-state index >= 15 is 0 Å². The monoisotopic (exact) mass is 407 g/mol. The van der Waals surface area contributed by atoms with Crippen molar-refractivity contribution in [1.82, 2.24) is 14.4 Å². The van der Waals surface area contributed by atoms with Crippen molar-refractivity contribution in [1.29, 1.82) is 0 Å². The molecule has 0 aliphatic heterocycles. The van der Waals surface area contributed by atoms with Crippen molar-refractivity contribution < 1.29 is 24.1 Å². The summed E-state index contributed by atoms with van der Waals surface area (Å²) in [6.45, 7) is 0. The lowest BCUT2D eigenvalue weighted by molar-refractivity contribution is 0.324. The maximum atomic E-state index is 10.1. The van der Waals surface area contributed by atoms with E-state index in [0.717, 1.165) is 11.1 Å². The minimum atomic E-state index is 0.0510. The summed E-state index contributed by atoms with van der Waals surface area (Å²) in [5, 5.41) is 10.1. The fourth-order valence-corrected chi connectivity index (χ4v) is 3.33. The van der Waals surface area contributed by atoms with Crippen LogP contribution < -0.4 is 18.9 Å². The molecule has 154 valence electrons. The van der Waals surface area contributed by atoms with E-state index in [2.05, 4.69) is 4.98 Å². The quantitative estimate of drug-likeness (QED) is 0.520. The lowest BCUT2D eigenvalue weighted by Crippen LogP contribution is -1.97. The molecule has 0 bridgehead atoms. The highest BCUT2D eigenvalue weighted by Crippen LogP contribution is 2.41. The predicted molar refractivity (Wildman–Crippen MR) is 112 cm³/mol. The van der Waals surface area contributed by atoms with Crippen LogP contribution in [0.25, 0.3) is 28.2 Å². The summed E-state index contributed by atoms with van der Waals surface area (Å²) >= 11 is 0. The van der Waals surface area contributed by atoms with Gasteiger partial charge in [-0.1, -0.05) is 0 Å². The third-order valence-electron chi connectivity index (χ3n) is 4.79. The minimum absolute atomic E-state index is 0.0510. The number of hydrogen-bond acceptors (Lipinski definition) is 7. The van der Waals surface area contributed by atoms with E-state index in [1.54, 1.807) is 39.7 Å². The van der Waals surface area contributed by atoms with Gasteiger partial charge in [-0.2, -0.15) is 0 Å². The molecule has 4 aromatic rings. The molecule has 0 saturated heterocycles. The van der Waals surface area contributed by atoms with Crippen molar-refractivity contribution in [3.8, 4) is 51.3 Å². The molecule has 8 nitrogen and oxygen atoms in total. The first-order valence-electron chi connectivity index (χ1n) is 9.11. The van der Waals surface area contributed by atoms with Gasteiger partial charge in [0.1, 0.15) is 5.69 Å². The summed E-state index contributed by atoms with van der Waals surface area (Å²) in [6.07, 6.45) is 5.39. The third-order valence-corrected chi connectivity index (χ3v) is 4.79. The molecular weight excluding hydrogens is 386 g/mol. The topological polar surface area (TPSA) is 87.3 Å². The van der Waals surface area contributed by atoms with Gasteiger partial charge in [-0.25, -0.2) is 4.98 Å². The molecule has 8 heteroatoms. The van der Waals surface area contributed by atoms with Gasteiger partial charge in [0.05, 0.1) is 34.1 Å². The van der Waals surface area contributed by atoms with Gasteiger partial charge in [-0.15, -0.1) is 0 Å². The second-order valence-corrected chi connectivity index (χ2v) is 6.43. The number of ether oxygens (including phenoxy) is 4. The van der Waals surface area contributed by atoms with Crippen LogP contribution in [0.5, 0.6) is 28.7 Å². The molecule has 0 amide bonds. The molecule has 4 rings (SSSR count). The Labute approximate surface area is 173 Å². The van der Waals surface area contributed by atoms with Crippen molar-refractivity contribution in [2.75, 3.05) is 28.4 Å². The normalized spacial score (nSPS) is 10.8. The number of rotatable bonds is 6. The van der Waals surface area contributed by atoms with Crippen molar-refractivity contribution in [2.45, 2.75) is 0 Å². The van der Waals surface area contributed by atoms with E-state index in [4.69, 9.17) is 23.9 Å². The van der Waals surface area contributed by atoms with Gasteiger partial charge < -0.3 is 28.5 Å². The van der Waals surface area contributed by atoms with E-state index in [9.17, 15) is 5.11 Å². The highest BCUT2D eigenvalue weighted by molar-refractivity contribution is 5.79. The molecule has 2 aromatic heterocycles. The van der Waals surface area contributed by atoms with Crippen LogP contribution in [0.4, 0.5) is 0 Å². The Balaban J connectivity index is 1.87. The Morgan fingerprint density at radius 1 is 0.833 bits per heavy atom. The van der Waals surface area contributed by atoms with Crippen molar-refractivity contribution in [3.05, 3.63) is 48.9 Å². The maximum Gasteiger partial charge on any atom is 0.203 e. The van der Waals surface area contributed by atoms with Crippen LogP contribution in [0, 0.1) is 0 Å². The number of aromatic nitrogens is 3. The molecular formula is C22H21N3O5. The summed E-state index contributed by atoms with van der Waals surface area (Å²) in [6, 6.07) is 8.82. The number of imidazole rings is 1. The summed E-state index contributed by atoms with van der Waals surface area (Å²) in [7, 11) is 6.21. The Kier molecular flexibility index (Phi) is 5.05. The summed E-state index contributed by atoms with van der Waals surface area (Å²) in [5.41, 5.74) is 3.52. The van der Waals surface area contributed by atoms with Gasteiger partial charge in [-0.3, -0.25) is 4.98 Å². The first-order chi connectivity index (χ1) is 14.6. The first kappa shape index (κ1) is 19.4. The number of benzene rings is 2. The second kappa shape index (κ2) is 7.82. The van der Waals surface area contributed by atoms with Gasteiger partial charge in [0, 0.05) is 29.7 Å². The largest absolute Gasteiger partial charge is 0.504 e. The van der Waals surface area contributed by atoms with Gasteiger partial charge in [0.25, 0.3) is 0 Å². The number of fused-ring (bicyclic) bond motifs is 1. The third kappa shape index (κ3) is 3.22. The average molecular weight is 407 g/mol. The fourth-order valence-electron chi connectivity index (χ4n) is 3.33. The zero-order valence-corrected chi connectivity index (χ0v) is 17.0. The number of phenolic OH excluding ortho intramolecular Hbond substituents is 1. The zero-order valence-electron chi connectivity index (χ0n) is 17.0. The molecule has 0 fully saturated rings. The molecule has 0 aliphatic rings. The molecule has 0 radical (unpaired) electrons. The fraction of sp³-hybridized carbons (Fsp3) is 0.182. The smallest absolute Gasteiger partial charge is 0.203 e. The molecule has 2 aromatic carbocycles. The number of hydrogen-bond donors (Lipinski definition) is 1. The molecule has 0 aliphatic carbocycles. The van der Waals surface area contributed by atoms with E-state index in [-0.39, 0.29) is 5.75 Å². The first-order valence-corrected chi connectivity index (χ1v) is 9.11. The van der Waals surface area contributed by atoms with Crippen LogP contribution in [0.1, 0.15) is 0 Å². The Morgan fingerprint density at radius 3 is 2.13 bits per heavy atom. The summed E-state index contributed by atoms with van der Waals surface area (Å²) < 4.78 is 23.3. The van der Waals surface area contributed by atoms with Crippen LogP contribution in [-0.4, -0.2) is 47.9 Å². The second-order valence-electron chi connectivity index (χ2n) is 6.43. The predicted octanol–water partition coefficient (Wildman–Crippen LogP) is 3.80. The van der Waals surface area contributed by atoms with E-state index in [0.29, 0.717) is 40.0 Å². The minimum Gasteiger partial charge on any atom is -0.504 e. The van der Waals surface area contributed by atoms with E-state index in [1.165, 1.54) is 7.11 Å². The number of nitrogens with zero attached hydrogens (tertiary/aromatic N) is 3. The van der Waals surface area contributed by atoms with Crippen molar-refractivity contribution in [2.24, 2.45) is 0 Å². The number of aromatic hydroxyl groups is 1. The standard InChI is InChI=1S/C22H21N3O5/c1-27-17-6-5-13(9-16(17)26)15-12-25-8-7-23-20(22(25)24-15)14-10-18(28-2)21(30-4)19(11-14)29-3/h5-12,26H,1-4H3. The molecule has 0 unspecified atom stereocenters. The van der Waals surface area contributed by atoms with Gasteiger partial charge in [0.2, 0.25) is 5.75 Å². The average Bonchev–Trinajstić information content (AvgIpc) is 3.22. The van der Waals surface area contributed by atoms with Crippen LogP contribution in [0.15, 0.2) is 48.9 Å². The lowest BCUT2D eigenvalue weighted by atomic mass is 10.1. The molecule has 0 atom stereocenters. The SMILES string of the molecule is COc1ccc(-c2cn3ccnc(-c4cc(OC)c(OC)c(OC)c4)c3n2)cc1O. The van der Waals surface area contributed by atoms with Crippen molar-refractivity contribution in [3.63, 3.8) is 0 Å². The Bertz CT molecular complexity index is 1190. The molecule has 30 heavy (non-hydrogen) atoms.